The van der Waals surface area contributed by atoms with Gasteiger partial charge in [-0.25, -0.2) is 4.98 Å². The standard InChI is InChI=1S/C16H22N2O2/c1-4-9-18-14-6-5-12(11(2)3)10-13(14)17-15(18)7-8-16(19)20/h5-6,10-11H,4,7-9H2,1-3H3,(H,19,20). The summed E-state index contributed by atoms with van der Waals surface area (Å²) < 4.78 is 2.16. The molecule has 1 aromatic carbocycles. The molecule has 1 aromatic heterocycles. The molecule has 1 N–H and O–H groups in total. The number of imidazole rings is 1. The van der Waals surface area contributed by atoms with E-state index in [2.05, 4.69) is 48.5 Å². The van der Waals surface area contributed by atoms with Gasteiger partial charge in [0, 0.05) is 13.0 Å². The smallest absolute Gasteiger partial charge is 0.303 e. The third-order valence-corrected chi connectivity index (χ3v) is 3.53. The highest BCUT2D eigenvalue weighted by atomic mass is 16.4. The van der Waals surface area contributed by atoms with Gasteiger partial charge >= 0.3 is 5.97 Å². The number of carbonyl (C=O) groups is 1. The monoisotopic (exact) mass is 274 g/mol. The summed E-state index contributed by atoms with van der Waals surface area (Å²) in [6, 6.07) is 6.37. The minimum absolute atomic E-state index is 0.129. The molecular formula is C16H22N2O2. The Balaban J connectivity index is 2.44. The quantitative estimate of drug-likeness (QED) is 0.875. The van der Waals surface area contributed by atoms with Crippen molar-refractivity contribution in [3.05, 3.63) is 29.6 Å². The van der Waals surface area contributed by atoms with Gasteiger partial charge in [-0.05, 0) is 30.0 Å². The lowest BCUT2D eigenvalue weighted by molar-refractivity contribution is -0.137. The number of hydrogen-bond acceptors (Lipinski definition) is 2. The van der Waals surface area contributed by atoms with Gasteiger partial charge < -0.3 is 9.67 Å². The number of rotatable bonds is 6. The van der Waals surface area contributed by atoms with Crippen molar-refractivity contribution in [1.29, 1.82) is 0 Å². The number of aromatic nitrogens is 2. The van der Waals surface area contributed by atoms with Gasteiger partial charge in [-0.3, -0.25) is 4.79 Å². The van der Waals surface area contributed by atoms with Crippen LogP contribution in [0.25, 0.3) is 11.0 Å². The van der Waals surface area contributed by atoms with Gasteiger partial charge in [0.25, 0.3) is 0 Å². The molecule has 0 aliphatic rings. The highest BCUT2D eigenvalue weighted by Gasteiger charge is 2.12. The second kappa shape index (κ2) is 6.07. The van der Waals surface area contributed by atoms with Gasteiger partial charge in [0.15, 0.2) is 0 Å². The number of fused-ring (bicyclic) bond motifs is 1. The van der Waals surface area contributed by atoms with E-state index in [-0.39, 0.29) is 6.42 Å². The zero-order valence-electron chi connectivity index (χ0n) is 12.4. The molecule has 0 fully saturated rings. The molecule has 0 amide bonds. The molecule has 0 saturated heterocycles. The molecular weight excluding hydrogens is 252 g/mol. The van der Waals surface area contributed by atoms with Gasteiger partial charge in [0.2, 0.25) is 0 Å². The molecule has 0 atom stereocenters. The average molecular weight is 274 g/mol. The van der Waals surface area contributed by atoms with Crippen LogP contribution in [0.3, 0.4) is 0 Å². The van der Waals surface area contributed by atoms with Gasteiger partial charge in [0.05, 0.1) is 17.5 Å². The van der Waals surface area contributed by atoms with E-state index in [1.165, 1.54) is 5.56 Å². The van der Waals surface area contributed by atoms with Crippen LogP contribution < -0.4 is 0 Å². The third-order valence-electron chi connectivity index (χ3n) is 3.53. The molecule has 4 heteroatoms. The Morgan fingerprint density at radius 2 is 2.15 bits per heavy atom. The molecule has 2 aromatic rings. The lowest BCUT2D eigenvalue weighted by atomic mass is 10.0. The van der Waals surface area contributed by atoms with E-state index in [1.54, 1.807) is 0 Å². The van der Waals surface area contributed by atoms with Crippen LogP contribution in [0.1, 0.15) is 50.9 Å². The summed E-state index contributed by atoms with van der Waals surface area (Å²) in [5.41, 5.74) is 3.35. The molecule has 0 aliphatic heterocycles. The predicted octanol–water partition coefficient (Wildman–Crippen LogP) is 3.59. The van der Waals surface area contributed by atoms with Crippen LogP contribution in [-0.2, 0) is 17.8 Å². The molecule has 1 heterocycles. The first-order chi connectivity index (χ1) is 9.52. The molecule has 0 aliphatic carbocycles. The Morgan fingerprint density at radius 3 is 2.75 bits per heavy atom. The van der Waals surface area contributed by atoms with Gasteiger partial charge in [0.1, 0.15) is 5.82 Å². The van der Waals surface area contributed by atoms with Crippen molar-refractivity contribution in [2.45, 2.75) is 52.5 Å². The first-order valence-corrected chi connectivity index (χ1v) is 7.23. The summed E-state index contributed by atoms with van der Waals surface area (Å²) in [5, 5.41) is 8.85. The van der Waals surface area contributed by atoms with E-state index in [0.29, 0.717) is 12.3 Å². The van der Waals surface area contributed by atoms with Crippen molar-refractivity contribution in [2.75, 3.05) is 0 Å². The van der Waals surface area contributed by atoms with Crippen molar-refractivity contribution in [3.8, 4) is 0 Å². The number of aliphatic carboxylic acids is 1. The summed E-state index contributed by atoms with van der Waals surface area (Å²) in [7, 11) is 0. The summed E-state index contributed by atoms with van der Waals surface area (Å²) in [6.45, 7) is 7.33. The molecule has 4 nitrogen and oxygen atoms in total. The second-order valence-electron chi connectivity index (χ2n) is 5.48. The Bertz CT molecular complexity index is 614. The summed E-state index contributed by atoms with van der Waals surface area (Å²) >= 11 is 0. The minimum atomic E-state index is -0.775. The largest absolute Gasteiger partial charge is 0.481 e. The maximum absolute atomic E-state index is 10.8. The van der Waals surface area contributed by atoms with Crippen LogP contribution in [-0.4, -0.2) is 20.6 Å². The number of aryl methyl sites for hydroxylation is 2. The summed E-state index contributed by atoms with van der Waals surface area (Å²) in [4.78, 5) is 15.4. The molecule has 20 heavy (non-hydrogen) atoms. The van der Waals surface area contributed by atoms with E-state index in [9.17, 15) is 4.79 Å². The van der Waals surface area contributed by atoms with E-state index < -0.39 is 5.97 Å². The number of hydrogen-bond donors (Lipinski definition) is 1. The van der Waals surface area contributed by atoms with Gasteiger partial charge in [-0.15, -0.1) is 0 Å². The van der Waals surface area contributed by atoms with Crippen LogP contribution in [0.2, 0.25) is 0 Å². The van der Waals surface area contributed by atoms with Gasteiger partial charge in [-0.2, -0.15) is 0 Å². The highest BCUT2D eigenvalue weighted by molar-refractivity contribution is 5.77. The van der Waals surface area contributed by atoms with Crippen molar-refractivity contribution in [2.24, 2.45) is 0 Å². The maximum atomic E-state index is 10.8. The fourth-order valence-electron chi connectivity index (χ4n) is 2.44. The van der Waals surface area contributed by atoms with Crippen molar-refractivity contribution >= 4 is 17.0 Å². The zero-order valence-corrected chi connectivity index (χ0v) is 12.4. The fourth-order valence-corrected chi connectivity index (χ4v) is 2.44. The van der Waals surface area contributed by atoms with E-state index in [1.807, 2.05) is 0 Å². The second-order valence-corrected chi connectivity index (χ2v) is 5.48. The molecule has 0 saturated carbocycles. The van der Waals surface area contributed by atoms with Crippen LogP contribution >= 0.6 is 0 Å². The van der Waals surface area contributed by atoms with Gasteiger partial charge in [-0.1, -0.05) is 26.8 Å². The summed E-state index contributed by atoms with van der Waals surface area (Å²) in [6.07, 6.45) is 1.63. The number of benzene rings is 1. The zero-order chi connectivity index (χ0) is 14.7. The Hall–Kier alpha value is -1.84. The average Bonchev–Trinajstić information content (AvgIpc) is 2.74. The minimum Gasteiger partial charge on any atom is -0.481 e. The first kappa shape index (κ1) is 14.6. The highest BCUT2D eigenvalue weighted by Crippen LogP contribution is 2.23. The SMILES string of the molecule is CCCn1c(CCC(=O)O)nc2cc(C(C)C)ccc21. The van der Waals surface area contributed by atoms with Crippen molar-refractivity contribution in [1.82, 2.24) is 9.55 Å². The Labute approximate surface area is 119 Å². The maximum Gasteiger partial charge on any atom is 0.303 e. The first-order valence-electron chi connectivity index (χ1n) is 7.23. The topological polar surface area (TPSA) is 55.1 Å². The Kier molecular flexibility index (Phi) is 4.42. The molecule has 108 valence electrons. The molecule has 0 spiro atoms. The van der Waals surface area contributed by atoms with Crippen molar-refractivity contribution in [3.63, 3.8) is 0 Å². The lowest BCUT2D eigenvalue weighted by Gasteiger charge is -2.08. The third kappa shape index (κ3) is 3.00. The van der Waals surface area contributed by atoms with Crippen LogP contribution in [0, 0.1) is 0 Å². The molecule has 2 rings (SSSR count). The van der Waals surface area contributed by atoms with Crippen LogP contribution in [0.15, 0.2) is 18.2 Å². The summed E-state index contributed by atoms with van der Waals surface area (Å²) in [5.74, 6) is 0.575. The molecule has 0 radical (unpaired) electrons. The fraction of sp³-hybridized carbons (Fsp3) is 0.500. The van der Waals surface area contributed by atoms with E-state index in [4.69, 9.17) is 5.11 Å². The molecule has 0 bridgehead atoms. The van der Waals surface area contributed by atoms with Crippen LogP contribution in [0.5, 0.6) is 0 Å². The van der Waals surface area contributed by atoms with Crippen molar-refractivity contribution < 1.29 is 9.90 Å². The molecule has 0 unspecified atom stereocenters. The number of carboxylic acid groups (broad SMARTS) is 1. The number of carboxylic acids is 1. The number of nitrogens with zero attached hydrogens (tertiary/aromatic N) is 2. The normalized spacial score (nSPS) is 11.4. The van der Waals surface area contributed by atoms with E-state index >= 15 is 0 Å². The van der Waals surface area contributed by atoms with E-state index in [0.717, 1.165) is 29.8 Å². The predicted molar refractivity (Wildman–Crippen MR) is 80.1 cm³/mol. The Morgan fingerprint density at radius 1 is 1.40 bits per heavy atom. The lowest BCUT2D eigenvalue weighted by Crippen LogP contribution is -2.06. The van der Waals surface area contributed by atoms with Crippen LogP contribution in [0.4, 0.5) is 0 Å².